The number of ether oxygens (including phenoxy) is 3. The summed E-state index contributed by atoms with van der Waals surface area (Å²) in [6.45, 7) is 3.12. The summed E-state index contributed by atoms with van der Waals surface area (Å²) in [5.41, 5.74) is -1.29. The van der Waals surface area contributed by atoms with Gasteiger partial charge in [-0.15, -0.1) is 0 Å². The van der Waals surface area contributed by atoms with E-state index >= 15 is 0 Å². The van der Waals surface area contributed by atoms with Gasteiger partial charge >= 0.3 is 5.97 Å². The van der Waals surface area contributed by atoms with Crippen LogP contribution in [0.5, 0.6) is 11.5 Å². The molecule has 132 valence electrons. The predicted molar refractivity (Wildman–Crippen MR) is 86.3 cm³/mol. The van der Waals surface area contributed by atoms with Crippen molar-refractivity contribution in [2.24, 2.45) is 0 Å². The van der Waals surface area contributed by atoms with Gasteiger partial charge in [0.1, 0.15) is 0 Å². The molecule has 2 N–H and O–H groups in total. The molecule has 1 aromatic rings. The molecule has 1 aromatic carbocycles. The second kappa shape index (κ2) is 8.54. The largest absolute Gasteiger partial charge is 0.490 e. The van der Waals surface area contributed by atoms with Crippen molar-refractivity contribution in [2.45, 2.75) is 31.7 Å². The van der Waals surface area contributed by atoms with Gasteiger partial charge in [-0.25, -0.2) is 4.79 Å². The van der Waals surface area contributed by atoms with Crippen LogP contribution >= 0.6 is 0 Å². The van der Waals surface area contributed by atoms with Crippen LogP contribution in [-0.2, 0) is 14.3 Å². The van der Waals surface area contributed by atoms with E-state index in [4.69, 9.17) is 14.2 Å². The molecule has 0 spiro atoms. The smallest absolute Gasteiger partial charge is 0.331 e. The maximum absolute atomic E-state index is 12.0. The van der Waals surface area contributed by atoms with Gasteiger partial charge in [0.15, 0.2) is 17.0 Å². The van der Waals surface area contributed by atoms with Crippen LogP contribution in [0.3, 0.4) is 0 Å². The van der Waals surface area contributed by atoms with E-state index in [0.29, 0.717) is 37.7 Å². The van der Waals surface area contributed by atoms with Gasteiger partial charge in [0, 0.05) is 19.4 Å². The molecule has 1 saturated heterocycles. The average Bonchev–Trinajstić information content (AvgIpc) is 3.03. The van der Waals surface area contributed by atoms with E-state index in [9.17, 15) is 14.7 Å². The molecule has 2 rings (SSSR count). The van der Waals surface area contributed by atoms with Crippen LogP contribution in [0.1, 0.15) is 26.2 Å². The Morgan fingerprint density at radius 3 is 2.58 bits per heavy atom. The third-order valence-corrected chi connectivity index (χ3v) is 3.76. The number of carbonyl (C=O) groups is 2. The van der Waals surface area contributed by atoms with Crippen molar-refractivity contribution in [1.82, 2.24) is 5.32 Å². The second-order valence-corrected chi connectivity index (χ2v) is 5.57. The SMILES string of the molecule is CCOc1ccccc1OCCCC(=O)NC1(C(=O)O)CCOC1. The maximum Gasteiger partial charge on any atom is 0.331 e. The lowest BCUT2D eigenvalue weighted by molar-refractivity contribution is -0.147. The highest BCUT2D eigenvalue weighted by atomic mass is 16.5. The summed E-state index contributed by atoms with van der Waals surface area (Å²) < 4.78 is 16.2. The lowest BCUT2D eigenvalue weighted by Crippen LogP contribution is -2.55. The summed E-state index contributed by atoms with van der Waals surface area (Å²) >= 11 is 0. The first-order chi connectivity index (χ1) is 11.6. The molecule has 0 saturated carbocycles. The maximum atomic E-state index is 12.0. The van der Waals surface area contributed by atoms with Crippen LogP contribution in [0.15, 0.2) is 24.3 Å². The van der Waals surface area contributed by atoms with Gasteiger partial charge in [0.05, 0.1) is 19.8 Å². The highest BCUT2D eigenvalue weighted by molar-refractivity contribution is 5.87. The fourth-order valence-electron chi connectivity index (χ4n) is 2.47. The Morgan fingerprint density at radius 2 is 2.00 bits per heavy atom. The number of carboxylic acids is 1. The summed E-state index contributed by atoms with van der Waals surface area (Å²) in [6, 6.07) is 7.34. The molecule has 7 nitrogen and oxygen atoms in total. The van der Waals surface area contributed by atoms with Crippen LogP contribution < -0.4 is 14.8 Å². The standard InChI is InChI=1S/C17H23NO6/c1-2-23-13-6-3-4-7-14(13)24-10-5-8-15(19)18-17(16(20)21)9-11-22-12-17/h3-4,6-7H,2,5,8-12H2,1H3,(H,18,19)(H,20,21). The summed E-state index contributed by atoms with van der Waals surface area (Å²) in [4.78, 5) is 23.3. The van der Waals surface area contributed by atoms with Crippen LogP contribution in [0, 0.1) is 0 Å². The number of aliphatic carboxylic acids is 1. The summed E-state index contributed by atoms with van der Waals surface area (Å²) in [5, 5.41) is 11.9. The quantitative estimate of drug-likeness (QED) is 0.665. The number of hydrogen-bond acceptors (Lipinski definition) is 5. The zero-order valence-electron chi connectivity index (χ0n) is 13.7. The van der Waals surface area contributed by atoms with E-state index < -0.39 is 11.5 Å². The lowest BCUT2D eigenvalue weighted by atomic mass is 9.99. The van der Waals surface area contributed by atoms with Gasteiger partial charge in [-0.05, 0) is 25.5 Å². The average molecular weight is 337 g/mol. The van der Waals surface area contributed by atoms with Crippen LogP contribution in [-0.4, -0.2) is 48.9 Å². The Morgan fingerprint density at radius 1 is 1.29 bits per heavy atom. The second-order valence-electron chi connectivity index (χ2n) is 5.57. The van der Waals surface area contributed by atoms with Crippen molar-refractivity contribution in [1.29, 1.82) is 0 Å². The van der Waals surface area contributed by atoms with Crippen LogP contribution in [0.2, 0.25) is 0 Å². The van der Waals surface area contributed by atoms with Crippen molar-refractivity contribution in [2.75, 3.05) is 26.4 Å². The Kier molecular flexibility index (Phi) is 6.43. The molecule has 1 aliphatic heterocycles. The van der Waals surface area contributed by atoms with Gasteiger partial charge in [-0.3, -0.25) is 4.79 Å². The Balaban J connectivity index is 1.76. The first-order valence-electron chi connectivity index (χ1n) is 8.04. The van der Waals surface area contributed by atoms with Gasteiger partial charge in [0.2, 0.25) is 5.91 Å². The van der Waals surface area contributed by atoms with Crippen molar-refractivity contribution in [3.63, 3.8) is 0 Å². The zero-order valence-corrected chi connectivity index (χ0v) is 13.7. The predicted octanol–water partition coefficient (Wildman–Crippen LogP) is 1.60. The molecule has 1 atom stereocenters. The first-order valence-corrected chi connectivity index (χ1v) is 8.04. The monoisotopic (exact) mass is 337 g/mol. The number of nitrogens with one attached hydrogen (secondary N) is 1. The van der Waals surface area contributed by atoms with Gasteiger partial charge in [0.25, 0.3) is 0 Å². The molecule has 1 fully saturated rings. The molecule has 0 aromatic heterocycles. The van der Waals surface area contributed by atoms with Gasteiger partial charge < -0.3 is 24.6 Å². The molecule has 0 bridgehead atoms. The molecule has 0 aliphatic carbocycles. The van der Waals surface area contributed by atoms with Gasteiger partial charge in [-0.1, -0.05) is 12.1 Å². The zero-order chi connectivity index (χ0) is 17.4. The number of amides is 1. The molecule has 1 amide bonds. The number of hydrogen-bond donors (Lipinski definition) is 2. The molecule has 1 heterocycles. The van der Waals surface area contributed by atoms with E-state index in [-0.39, 0.29) is 25.4 Å². The van der Waals surface area contributed by atoms with E-state index in [1.54, 1.807) is 6.07 Å². The molecule has 1 unspecified atom stereocenters. The van der Waals surface area contributed by atoms with Crippen molar-refractivity contribution < 1.29 is 28.9 Å². The number of carbonyl (C=O) groups excluding carboxylic acids is 1. The topological polar surface area (TPSA) is 94.1 Å². The summed E-state index contributed by atoms with van der Waals surface area (Å²) in [6.07, 6.45) is 0.945. The number of rotatable bonds is 9. The molecular weight excluding hydrogens is 314 g/mol. The van der Waals surface area contributed by atoms with Crippen LogP contribution in [0.4, 0.5) is 0 Å². The van der Waals surface area contributed by atoms with E-state index in [2.05, 4.69) is 5.32 Å². The van der Waals surface area contributed by atoms with Crippen molar-refractivity contribution in [3.8, 4) is 11.5 Å². The first kappa shape index (κ1) is 18.1. The van der Waals surface area contributed by atoms with E-state index in [1.807, 2.05) is 25.1 Å². The fourth-order valence-corrected chi connectivity index (χ4v) is 2.47. The summed E-state index contributed by atoms with van der Waals surface area (Å²) in [7, 11) is 0. The Labute approximate surface area is 140 Å². The third-order valence-electron chi connectivity index (χ3n) is 3.76. The Bertz CT molecular complexity index is 568. The highest BCUT2D eigenvalue weighted by Gasteiger charge is 2.43. The number of carboxylic acid groups (broad SMARTS) is 1. The minimum atomic E-state index is -1.29. The normalized spacial score (nSPS) is 19.7. The van der Waals surface area contributed by atoms with Crippen LogP contribution in [0.25, 0.3) is 0 Å². The van der Waals surface area contributed by atoms with Crippen molar-refractivity contribution >= 4 is 11.9 Å². The fraction of sp³-hybridized carbons (Fsp3) is 0.529. The lowest BCUT2D eigenvalue weighted by Gasteiger charge is -2.23. The minimum Gasteiger partial charge on any atom is -0.490 e. The molecule has 0 radical (unpaired) electrons. The van der Waals surface area contributed by atoms with Crippen molar-refractivity contribution in [3.05, 3.63) is 24.3 Å². The van der Waals surface area contributed by atoms with E-state index in [1.165, 1.54) is 0 Å². The van der Waals surface area contributed by atoms with Gasteiger partial charge in [-0.2, -0.15) is 0 Å². The molecule has 24 heavy (non-hydrogen) atoms. The Hall–Kier alpha value is -2.28. The molecule has 7 heteroatoms. The third kappa shape index (κ3) is 4.61. The van der Waals surface area contributed by atoms with E-state index in [0.717, 1.165) is 0 Å². The minimum absolute atomic E-state index is 0.00626. The highest BCUT2D eigenvalue weighted by Crippen LogP contribution is 2.26. The number of para-hydroxylation sites is 2. The molecular formula is C17H23NO6. The summed E-state index contributed by atoms with van der Waals surface area (Å²) in [5.74, 6) is -0.0804. The molecule has 1 aliphatic rings. The number of benzene rings is 1.